The molecule has 122 valence electrons. The Morgan fingerprint density at radius 2 is 2.00 bits per heavy atom. The number of carbonyl (C=O) groups is 2. The number of ketones is 1. The van der Waals surface area contributed by atoms with E-state index in [0.717, 1.165) is 37.9 Å². The van der Waals surface area contributed by atoms with Crippen LogP contribution in [0.4, 0.5) is 0 Å². The van der Waals surface area contributed by atoms with Crippen LogP contribution in [0.2, 0.25) is 0 Å². The first-order valence-corrected chi connectivity index (χ1v) is 8.02. The third-order valence-electron chi connectivity index (χ3n) is 4.93. The maximum absolute atomic E-state index is 12.6. The van der Waals surface area contributed by atoms with Gasteiger partial charge in [-0.3, -0.25) is 9.59 Å². The van der Waals surface area contributed by atoms with Crippen LogP contribution >= 0.6 is 0 Å². The molecular weight excluding hydrogens is 280 g/mol. The van der Waals surface area contributed by atoms with Crippen molar-refractivity contribution in [3.8, 4) is 0 Å². The Morgan fingerprint density at radius 3 is 2.50 bits per heavy atom. The highest BCUT2D eigenvalue weighted by molar-refractivity contribution is 5.96. The Labute approximate surface area is 132 Å². The van der Waals surface area contributed by atoms with E-state index in [-0.39, 0.29) is 17.7 Å². The minimum absolute atomic E-state index is 0.0116. The van der Waals surface area contributed by atoms with Crippen LogP contribution in [0.25, 0.3) is 0 Å². The fourth-order valence-electron chi connectivity index (χ4n) is 3.55. The standard InChI is InChI=1S/C17H26N2O3/c1-12(15(20)14-11-19(3)13(2)18-14)10-17(16(21)22-4)8-6-5-7-9-17/h11-12H,5-10H2,1-4H3. The first-order valence-electron chi connectivity index (χ1n) is 8.02. The van der Waals surface area contributed by atoms with Gasteiger partial charge < -0.3 is 9.30 Å². The normalized spacial score (nSPS) is 18.7. The van der Waals surface area contributed by atoms with Crippen molar-refractivity contribution < 1.29 is 14.3 Å². The second kappa shape index (κ2) is 6.63. The van der Waals surface area contributed by atoms with Gasteiger partial charge in [-0.25, -0.2) is 4.98 Å². The van der Waals surface area contributed by atoms with Crippen LogP contribution in [0.5, 0.6) is 0 Å². The predicted molar refractivity (Wildman–Crippen MR) is 83.6 cm³/mol. The van der Waals surface area contributed by atoms with Crippen LogP contribution in [-0.4, -0.2) is 28.4 Å². The molecule has 0 aliphatic heterocycles. The summed E-state index contributed by atoms with van der Waals surface area (Å²) in [6, 6.07) is 0. The molecule has 1 atom stereocenters. The van der Waals surface area contributed by atoms with E-state index in [4.69, 9.17) is 4.74 Å². The van der Waals surface area contributed by atoms with Crippen molar-refractivity contribution in [2.75, 3.05) is 7.11 Å². The number of nitrogens with zero attached hydrogens (tertiary/aromatic N) is 2. The van der Waals surface area contributed by atoms with Gasteiger partial charge in [-0.1, -0.05) is 26.2 Å². The van der Waals surface area contributed by atoms with E-state index in [9.17, 15) is 9.59 Å². The van der Waals surface area contributed by atoms with Gasteiger partial charge in [-0.05, 0) is 26.2 Å². The number of aromatic nitrogens is 2. The van der Waals surface area contributed by atoms with E-state index >= 15 is 0 Å². The van der Waals surface area contributed by atoms with Gasteiger partial charge in [0.25, 0.3) is 0 Å². The summed E-state index contributed by atoms with van der Waals surface area (Å²) in [5.41, 5.74) is -0.00496. The van der Waals surface area contributed by atoms with Crippen LogP contribution in [0.3, 0.4) is 0 Å². The Hall–Kier alpha value is -1.65. The highest BCUT2D eigenvalue weighted by atomic mass is 16.5. The molecule has 1 aliphatic carbocycles. The quantitative estimate of drug-likeness (QED) is 0.619. The molecule has 0 amide bonds. The van der Waals surface area contributed by atoms with Crippen molar-refractivity contribution in [1.82, 2.24) is 9.55 Å². The molecule has 22 heavy (non-hydrogen) atoms. The molecule has 1 aromatic rings. The summed E-state index contributed by atoms with van der Waals surface area (Å²) in [6.45, 7) is 3.77. The number of rotatable bonds is 5. The summed E-state index contributed by atoms with van der Waals surface area (Å²) >= 11 is 0. The molecule has 0 saturated heterocycles. The highest BCUT2D eigenvalue weighted by Gasteiger charge is 2.42. The van der Waals surface area contributed by atoms with Gasteiger partial charge in [0.05, 0.1) is 12.5 Å². The molecule has 1 saturated carbocycles. The average Bonchev–Trinajstić information content (AvgIpc) is 2.85. The molecule has 2 rings (SSSR count). The van der Waals surface area contributed by atoms with E-state index in [2.05, 4.69) is 4.98 Å². The second-order valence-corrected chi connectivity index (χ2v) is 6.59. The van der Waals surface area contributed by atoms with Gasteiger partial charge in [-0.15, -0.1) is 0 Å². The highest BCUT2D eigenvalue weighted by Crippen LogP contribution is 2.43. The van der Waals surface area contributed by atoms with Gasteiger partial charge >= 0.3 is 5.97 Å². The lowest BCUT2D eigenvalue weighted by molar-refractivity contribution is -0.156. The second-order valence-electron chi connectivity index (χ2n) is 6.59. The SMILES string of the molecule is COC(=O)C1(CC(C)C(=O)c2cn(C)c(C)n2)CCCCC1. The van der Waals surface area contributed by atoms with Crippen LogP contribution in [0.15, 0.2) is 6.20 Å². The largest absolute Gasteiger partial charge is 0.469 e. The summed E-state index contributed by atoms with van der Waals surface area (Å²) < 4.78 is 6.88. The van der Waals surface area contributed by atoms with Gasteiger partial charge in [0, 0.05) is 19.2 Å². The molecular formula is C17H26N2O3. The number of Topliss-reactive ketones (excluding diaryl/α,β-unsaturated/α-hetero) is 1. The minimum Gasteiger partial charge on any atom is -0.469 e. The maximum atomic E-state index is 12.6. The molecule has 0 radical (unpaired) electrons. The topological polar surface area (TPSA) is 61.2 Å². The number of aryl methyl sites for hydroxylation is 2. The molecule has 1 aromatic heterocycles. The van der Waals surface area contributed by atoms with Gasteiger partial charge in [0.1, 0.15) is 11.5 Å². The average molecular weight is 306 g/mol. The third-order valence-corrected chi connectivity index (χ3v) is 4.93. The number of hydrogen-bond donors (Lipinski definition) is 0. The van der Waals surface area contributed by atoms with Crippen molar-refractivity contribution in [2.45, 2.75) is 52.4 Å². The van der Waals surface area contributed by atoms with E-state index in [1.807, 2.05) is 25.5 Å². The monoisotopic (exact) mass is 306 g/mol. The maximum Gasteiger partial charge on any atom is 0.311 e. The Kier molecular flexibility index (Phi) is 5.04. The summed E-state index contributed by atoms with van der Waals surface area (Å²) in [5, 5.41) is 0. The Morgan fingerprint density at radius 1 is 1.36 bits per heavy atom. The number of carbonyl (C=O) groups excluding carboxylic acids is 2. The zero-order valence-corrected chi connectivity index (χ0v) is 14.0. The molecule has 1 unspecified atom stereocenters. The van der Waals surface area contributed by atoms with Crippen molar-refractivity contribution in [1.29, 1.82) is 0 Å². The molecule has 0 bridgehead atoms. The Balaban J connectivity index is 2.15. The lowest BCUT2D eigenvalue weighted by atomic mass is 9.68. The van der Waals surface area contributed by atoms with E-state index in [1.165, 1.54) is 7.11 Å². The molecule has 1 heterocycles. The van der Waals surface area contributed by atoms with Gasteiger partial charge in [-0.2, -0.15) is 0 Å². The predicted octanol–water partition coefficient (Wildman–Crippen LogP) is 3.06. The fraction of sp³-hybridized carbons (Fsp3) is 0.706. The van der Waals surface area contributed by atoms with Crippen LogP contribution in [0, 0.1) is 18.3 Å². The minimum atomic E-state index is -0.494. The van der Waals surface area contributed by atoms with Gasteiger partial charge in [0.2, 0.25) is 0 Å². The number of esters is 1. The molecule has 0 spiro atoms. The van der Waals surface area contributed by atoms with Crippen LogP contribution in [0.1, 0.15) is 61.8 Å². The van der Waals surface area contributed by atoms with Crippen LogP contribution < -0.4 is 0 Å². The molecule has 0 aromatic carbocycles. The molecule has 1 fully saturated rings. The fourth-order valence-corrected chi connectivity index (χ4v) is 3.55. The number of methoxy groups -OCH3 is 1. The van der Waals surface area contributed by atoms with Gasteiger partial charge in [0.15, 0.2) is 5.78 Å². The number of hydrogen-bond acceptors (Lipinski definition) is 4. The Bertz CT molecular complexity index is 537. The zero-order chi connectivity index (χ0) is 16.3. The van der Waals surface area contributed by atoms with Crippen molar-refractivity contribution >= 4 is 11.8 Å². The number of ether oxygens (including phenoxy) is 1. The smallest absolute Gasteiger partial charge is 0.311 e. The van der Waals surface area contributed by atoms with Crippen molar-refractivity contribution in [3.63, 3.8) is 0 Å². The summed E-state index contributed by atoms with van der Waals surface area (Å²) in [5.74, 6) is 0.434. The summed E-state index contributed by atoms with van der Waals surface area (Å²) in [6.07, 6.45) is 7.16. The third kappa shape index (κ3) is 3.23. The summed E-state index contributed by atoms with van der Waals surface area (Å²) in [7, 11) is 3.31. The molecule has 1 aliphatic rings. The van der Waals surface area contributed by atoms with Crippen molar-refractivity contribution in [2.24, 2.45) is 18.4 Å². The van der Waals surface area contributed by atoms with Crippen LogP contribution in [-0.2, 0) is 16.6 Å². The first kappa shape index (κ1) is 16.7. The van der Waals surface area contributed by atoms with E-state index < -0.39 is 5.41 Å². The number of imidazole rings is 1. The molecule has 0 N–H and O–H groups in total. The lowest BCUT2D eigenvalue weighted by Crippen LogP contribution is -2.37. The first-order chi connectivity index (χ1) is 10.4. The van der Waals surface area contributed by atoms with Crippen molar-refractivity contribution in [3.05, 3.63) is 17.7 Å². The van der Waals surface area contributed by atoms with E-state index in [0.29, 0.717) is 12.1 Å². The van der Waals surface area contributed by atoms with E-state index in [1.54, 1.807) is 6.20 Å². The molecule has 5 nitrogen and oxygen atoms in total. The summed E-state index contributed by atoms with van der Waals surface area (Å²) in [4.78, 5) is 29.2. The molecule has 5 heteroatoms. The lowest BCUT2D eigenvalue weighted by Gasteiger charge is -2.36. The zero-order valence-electron chi connectivity index (χ0n) is 14.0.